The van der Waals surface area contributed by atoms with Gasteiger partial charge in [-0.3, -0.25) is 4.98 Å². The van der Waals surface area contributed by atoms with E-state index >= 15 is 0 Å². The van der Waals surface area contributed by atoms with Crippen LogP contribution in [0, 0.1) is 0 Å². The largest absolute Gasteiger partial charge is 0.482 e. The molecule has 23 heavy (non-hydrogen) atoms. The van der Waals surface area contributed by atoms with E-state index in [-0.39, 0.29) is 6.10 Å². The van der Waals surface area contributed by atoms with Crippen LogP contribution in [0.25, 0.3) is 10.9 Å². The normalized spacial score (nSPS) is 11.6. The van der Waals surface area contributed by atoms with Gasteiger partial charge >= 0.3 is 0 Å². The van der Waals surface area contributed by atoms with Crippen LogP contribution in [0.3, 0.4) is 0 Å². The fourth-order valence-corrected chi connectivity index (χ4v) is 2.81. The van der Waals surface area contributed by atoms with Crippen molar-refractivity contribution in [3.05, 3.63) is 53.1 Å². The molecule has 2 N–H and O–H groups in total. The lowest BCUT2D eigenvalue weighted by Crippen LogP contribution is -2.13. The molecular weight excluding hydrogens is 306 g/mol. The van der Waals surface area contributed by atoms with Crippen molar-refractivity contribution in [2.75, 3.05) is 6.54 Å². The van der Waals surface area contributed by atoms with Gasteiger partial charge in [0.1, 0.15) is 10.8 Å². The Kier molecular flexibility index (Phi) is 6.97. The third kappa shape index (κ3) is 4.74. The number of nitrogens with two attached hydrogens (primary N) is 1. The van der Waals surface area contributed by atoms with Crippen LogP contribution in [0.15, 0.2) is 48.1 Å². The van der Waals surface area contributed by atoms with E-state index in [1.54, 1.807) is 23.7 Å². The second kappa shape index (κ2) is 9.22. The zero-order chi connectivity index (χ0) is 16.5. The summed E-state index contributed by atoms with van der Waals surface area (Å²) in [6.45, 7) is 4.81. The number of pyridine rings is 1. The predicted molar refractivity (Wildman–Crippen MR) is 96.9 cm³/mol. The van der Waals surface area contributed by atoms with Crippen LogP contribution in [0.2, 0.25) is 0 Å². The first-order valence-corrected chi connectivity index (χ1v) is 8.77. The Morgan fingerprint density at radius 1 is 1.13 bits per heavy atom. The average molecular weight is 329 g/mol. The molecular formula is C18H23N3OS. The molecule has 0 radical (unpaired) electrons. The highest BCUT2D eigenvalue weighted by Crippen LogP contribution is 2.30. The molecule has 0 aliphatic rings. The highest BCUT2D eigenvalue weighted by atomic mass is 32.1. The SMILES string of the molecule is CCC.NCCC(Oc1cccc2ncccc12)c1nccs1. The molecule has 0 spiro atoms. The zero-order valence-electron chi connectivity index (χ0n) is 13.6. The molecule has 0 aliphatic carbocycles. The highest BCUT2D eigenvalue weighted by molar-refractivity contribution is 7.09. The molecule has 3 aromatic rings. The molecule has 0 amide bonds. The lowest BCUT2D eigenvalue weighted by molar-refractivity contribution is 0.200. The number of fused-ring (bicyclic) bond motifs is 1. The van der Waals surface area contributed by atoms with Crippen LogP contribution < -0.4 is 10.5 Å². The third-order valence-corrected chi connectivity index (χ3v) is 3.90. The maximum Gasteiger partial charge on any atom is 0.151 e. The van der Waals surface area contributed by atoms with E-state index in [9.17, 15) is 0 Å². The van der Waals surface area contributed by atoms with Crippen LogP contribution in [-0.2, 0) is 0 Å². The molecule has 0 bridgehead atoms. The summed E-state index contributed by atoms with van der Waals surface area (Å²) < 4.78 is 6.14. The Hall–Kier alpha value is -1.98. The maximum atomic E-state index is 6.14. The zero-order valence-corrected chi connectivity index (χ0v) is 14.4. The minimum absolute atomic E-state index is 0.106. The molecule has 1 aromatic carbocycles. The second-order valence-corrected chi connectivity index (χ2v) is 6.01. The fourth-order valence-electron chi connectivity index (χ4n) is 2.11. The van der Waals surface area contributed by atoms with Crippen molar-refractivity contribution in [1.82, 2.24) is 9.97 Å². The van der Waals surface area contributed by atoms with Crippen molar-refractivity contribution in [3.8, 4) is 5.75 Å². The summed E-state index contributed by atoms with van der Waals surface area (Å²) in [7, 11) is 0. The smallest absolute Gasteiger partial charge is 0.151 e. The minimum atomic E-state index is -0.106. The van der Waals surface area contributed by atoms with E-state index in [1.165, 1.54) is 6.42 Å². The molecule has 1 unspecified atom stereocenters. The fraction of sp³-hybridized carbons (Fsp3) is 0.333. The van der Waals surface area contributed by atoms with Gasteiger partial charge in [-0.25, -0.2) is 4.98 Å². The van der Waals surface area contributed by atoms with Gasteiger partial charge in [0.25, 0.3) is 0 Å². The molecule has 3 rings (SSSR count). The lowest BCUT2D eigenvalue weighted by atomic mass is 10.2. The second-order valence-electron chi connectivity index (χ2n) is 5.09. The first-order valence-electron chi connectivity index (χ1n) is 7.90. The van der Waals surface area contributed by atoms with E-state index in [2.05, 4.69) is 23.8 Å². The van der Waals surface area contributed by atoms with E-state index in [1.807, 2.05) is 35.7 Å². The summed E-state index contributed by atoms with van der Waals surface area (Å²) in [6, 6.07) is 9.81. The number of rotatable bonds is 5. The average Bonchev–Trinajstić information content (AvgIpc) is 3.10. The molecule has 2 heterocycles. The van der Waals surface area contributed by atoms with Crippen LogP contribution in [0.1, 0.15) is 37.8 Å². The molecule has 0 saturated heterocycles. The number of benzene rings is 1. The number of thiazole rings is 1. The third-order valence-electron chi connectivity index (χ3n) is 3.03. The Balaban J connectivity index is 0.000000595. The molecule has 0 aliphatic heterocycles. The van der Waals surface area contributed by atoms with Crippen molar-refractivity contribution < 1.29 is 4.74 Å². The molecule has 122 valence electrons. The quantitative estimate of drug-likeness (QED) is 0.744. The first-order chi connectivity index (χ1) is 11.3. The maximum absolute atomic E-state index is 6.14. The number of nitrogens with zero attached hydrogens (tertiary/aromatic N) is 2. The highest BCUT2D eigenvalue weighted by Gasteiger charge is 2.16. The molecule has 5 heteroatoms. The molecule has 0 fully saturated rings. The van der Waals surface area contributed by atoms with E-state index < -0.39 is 0 Å². The Labute approximate surface area is 141 Å². The van der Waals surface area contributed by atoms with Gasteiger partial charge in [0.2, 0.25) is 0 Å². The lowest BCUT2D eigenvalue weighted by Gasteiger charge is -2.17. The van der Waals surface area contributed by atoms with Crippen LogP contribution in [0.5, 0.6) is 5.75 Å². The number of hydrogen-bond donors (Lipinski definition) is 1. The van der Waals surface area contributed by atoms with Crippen molar-refractivity contribution in [1.29, 1.82) is 0 Å². The van der Waals surface area contributed by atoms with Crippen molar-refractivity contribution in [2.24, 2.45) is 5.73 Å². The van der Waals surface area contributed by atoms with Gasteiger partial charge in [-0.2, -0.15) is 0 Å². The summed E-state index contributed by atoms with van der Waals surface area (Å²) in [4.78, 5) is 8.67. The number of ether oxygens (including phenoxy) is 1. The predicted octanol–water partition coefficient (Wildman–Crippen LogP) is 4.58. The topological polar surface area (TPSA) is 61.0 Å². The van der Waals surface area contributed by atoms with Crippen molar-refractivity contribution in [2.45, 2.75) is 32.8 Å². The van der Waals surface area contributed by atoms with Gasteiger partial charge in [0.05, 0.1) is 5.52 Å². The van der Waals surface area contributed by atoms with E-state index in [0.29, 0.717) is 6.54 Å². The van der Waals surface area contributed by atoms with Gasteiger partial charge in [0, 0.05) is 29.6 Å². The molecule has 2 aromatic heterocycles. The van der Waals surface area contributed by atoms with Crippen molar-refractivity contribution in [3.63, 3.8) is 0 Å². The summed E-state index contributed by atoms with van der Waals surface area (Å²) >= 11 is 1.59. The summed E-state index contributed by atoms with van der Waals surface area (Å²) in [5.41, 5.74) is 6.61. The van der Waals surface area contributed by atoms with Gasteiger partial charge in [-0.15, -0.1) is 11.3 Å². The Morgan fingerprint density at radius 2 is 1.96 bits per heavy atom. The first kappa shape index (κ1) is 17.4. The number of aromatic nitrogens is 2. The van der Waals surface area contributed by atoms with E-state index in [0.717, 1.165) is 28.1 Å². The number of hydrogen-bond acceptors (Lipinski definition) is 5. The standard InChI is InChI=1S/C15H15N3OS.C3H8/c16-7-6-14(15-18-9-10-20-15)19-13-5-1-4-12-11(13)3-2-8-17-12;1-3-2/h1-5,8-10,14H,6-7,16H2;3H2,1-2H3. The Bertz CT molecular complexity index is 695. The van der Waals surface area contributed by atoms with E-state index in [4.69, 9.17) is 10.5 Å². The van der Waals surface area contributed by atoms with Crippen LogP contribution in [0.4, 0.5) is 0 Å². The summed E-state index contributed by atoms with van der Waals surface area (Å²) in [5.74, 6) is 0.823. The van der Waals surface area contributed by atoms with Gasteiger partial charge in [-0.05, 0) is 30.8 Å². The monoisotopic (exact) mass is 329 g/mol. The molecule has 0 saturated carbocycles. The summed E-state index contributed by atoms with van der Waals surface area (Å²) in [5, 5.41) is 3.91. The van der Waals surface area contributed by atoms with Gasteiger partial charge in [-0.1, -0.05) is 26.3 Å². The van der Waals surface area contributed by atoms with Gasteiger partial charge < -0.3 is 10.5 Å². The molecule has 1 atom stereocenters. The minimum Gasteiger partial charge on any atom is -0.482 e. The van der Waals surface area contributed by atoms with Gasteiger partial charge in [0.15, 0.2) is 6.10 Å². The Morgan fingerprint density at radius 3 is 2.65 bits per heavy atom. The van der Waals surface area contributed by atoms with Crippen LogP contribution >= 0.6 is 11.3 Å². The van der Waals surface area contributed by atoms with Crippen LogP contribution in [-0.4, -0.2) is 16.5 Å². The summed E-state index contributed by atoms with van der Waals surface area (Å²) in [6.07, 6.45) is 5.46. The molecule has 4 nitrogen and oxygen atoms in total. The van der Waals surface area contributed by atoms with Crippen molar-refractivity contribution >= 4 is 22.2 Å².